The summed E-state index contributed by atoms with van der Waals surface area (Å²) in [7, 11) is 0. The third kappa shape index (κ3) is 4.68. The first-order chi connectivity index (χ1) is 12.9. The molecule has 6 nitrogen and oxygen atoms in total. The van der Waals surface area contributed by atoms with Gasteiger partial charge in [-0.1, -0.05) is 29.5 Å². The third-order valence-corrected chi connectivity index (χ3v) is 5.23. The second-order valence-corrected chi connectivity index (χ2v) is 7.36. The van der Waals surface area contributed by atoms with Gasteiger partial charge >= 0.3 is 0 Å². The first-order valence-electron chi connectivity index (χ1n) is 8.67. The molecule has 27 heavy (non-hydrogen) atoms. The molecule has 0 radical (unpaired) electrons. The molecule has 2 aromatic rings. The van der Waals surface area contributed by atoms with Gasteiger partial charge < -0.3 is 16.0 Å². The Hall–Kier alpha value is -2.80. The fourth-order valence-electron chi connectivity index (χ4n) is 3.04. The summed E-state index contributed by atoms with van der Waals surface area (Å²) in [5, 5.41) is 2.58. The van der Waals surface area contributed by atoms with Crippen LogP contribution in [0.4, 0.5) is 16.2 Å². The van der Waals surface area contributed by atoms with Crippen LogP contribution in [-0.2, 0) is 11.2 Å². The van der Waals surface area contributed by atoms with Crippen molar-refractivity contribution in [3.63, 3.8) is 0 Å². The highest BCUT2D eigenvalue weighted by Crippen LogP contribution is 2.30. The molecule has 0 unspecified atom stereocenters. The van der Waals surface area contributed by atoms with Crippen LogP contribution in [0.25, 0.3) is 0 Å². The van der Waals surface area contributed by atoms with Crippen LogP contribution < -0.4 is 16.0 Å². The average molecular weight is 383 g/mol. The summed E-state index contributed by atoms with van der Waals surface area (Å²) in [5.74, 6) is -0.777. The molecule has 7 heteroatoms. The zero-order chi connectivity index (χ0) is 19.4. The van der Waals surface area contributed by atoms with E-state index in [9.17, 15) is 14.4 Å². The van der Waals surface area contributed by atoms with Crippen LogP contribution in [0.5, 0.6) is 0 Å². The summed E-state index contributed by atoms with van der Waals surface area (Å²) in [4.78, 5) is 37.5. The van der Waals surface area contributed by atoms with Gasteiger partial charge in [-0.05, 0) is 55.7 Å². The van der Waals surface area contributed by atoms with E-state index in [2.05, 4.69) is 11.4 Å². The van der Waals surface area contributed by atoms with Crippen LogP contribution >= 0.6 is 11.8 Å². The predicted octanol–water partition coefficient (Wildman–Crippen LogP) is 3.34. The van der Waals surface area contributed by atoms with Gasteiger partial charge in [-0.3, -0.25) is 14.4 Å². The normalized spacial score (nSPS) is 13.0. The minimum Gasteiger partial charge on any atom is -0.366 e. The number of hydrogen-bond acceptors (Lipinski definition) is 4. The maximum atomic E-state index is 12.6. The molecule has 1 aliphatic rings. The molecule has 0 aliphatic carbocycles. The Kier molecular flexibility index (Phi) is 5.81. The summed E-state index contributed by atoms with van der Waals surface area (Å²) in [6.07, 6.45) is 1.88. The number of benzene rings is 2. The lowest BCUT2D eigenvalue weighted by atomic mass is 10.0. The monoisotopic (exact) mass is 383 g/mol. The highest BCUT2D eigenvalue weighted by molar-refractivity contribution is 8.14. The van der Waals surface area contributed by atoms with Gasteiger partial charge in [0.15, 0.2) is 0 Å². The topological polar surface area (TPSA) is 92.5 Å². The van der Waals surface area contributed by atoms with Gasteiger partial charge in [0.2, 0.25) is 11.8 Å². The summed E-state index contributed by atoms with van der Waals surface area (Å²) in [6, 6.07) is 12.4. The van der Waals surface area contributed by atoms with Crippen molar-refractivity contribution in [3.8, 4) is 0 Å². The predicted molar refractivity (Wildman–Crippen MR) is 108 cm³/mol. The maximum Gasteiger partial charge on any atom is 0.286 e. The highest BCUT2D eigenvalue weighted by atomic mass is 32.2. The number of fused-ring (bicyclic) bond motifs is 1. The van der Waals surface area contributed by atoms with Crippen LogP contribution in [0.2, 0.25) is 0 Å². The number of nitrogens with two attached hydrogens (primary N) is 1. The van der Waals surface area contributed by atoms with E-state index < -0.39 is 5.91 Å². The van der Waals surface area contributed by atoms with Gasteiger partial charge in [0.25, 0.3) is 5.24 Å². The maximum absolute atomic E-state index is 12.6. The molecule has 3 amide bonds. The number of thioether (sulfide) groups is 1. The second-order valence-electron chi connectivity index (χ2n) is 6.43. The fourth-order valence-corrected chi connectivity index (χ4v) is 3.71. The Balaban J connectivity index is 1.56. The van der Waals surface area contributed by atoms with Gasteiger partial charge in [0.1, 0.15) is 0 Å². The van der Waals surface area contributed by atoms with E-state index in [1.165, 1.54) is 11.1 Å². The molecule has 0 saturated heterocycles. The van der Waals surface area contributed by atoms with E-state index in [-0.39, 0.29) is 16.9 Å². The van der Waals surface area contributed by atoms with Crippen LogP contribution in [-0.4, -0.2) is 29.4 Å². The van der Waals surface area contributed by atoms with E-state index in [4.69, 9.17) is 5.73 Å². The molecule has 0 aromatic heterocycles. The van der Waals surface area contributed by atoms with Crippen molar-refractivity contribution in [2.75, 3.05) is 22.5 Å². The van der Waals surface area contributed by atoms with E-state index in [0.29, 0.717) is 17.8 Å². The number of hydrogen-bond donors (Lipinski definition) is 2. The van der Waals surface area contributed by atoms with Crippen molar-refractivity contribution >= 4 is 40.2 Å². The zero-order valence-corrected chi connectivity index (χ0v) is 15.8. The average Bonchev–Trinajstić information content (AvgIpc) is 2.65. The summed E-state index contributed by atoms with van der Waals surface area (Å²) in [6.45, 7) is 2.70. The number of amides is 3. The quantitative estimate of drug-likeness (QED) is 0.847. The number of nitrogens with zero attached hydrogens (tertiary/aromatic N) is 1. The zero-order valence-electron chi connectivity index (χ0n) is 15.0. The molecule has 0 bridgehead atoms. The first kappa shape index (κ1) is 19.0. The van der Waals surface area contributed by atoms with E-state index in [1.54, 1.807) is 29.2 Å². The molecule has 0 atom stereocenters. The number of anilines is 2. The molecule has 140 valence electrons. The molecular weight excluding hydrogens is 362 g/mol. The summed E-state index contributed by atoms with van der Waals surface area (Å²) < 4.78 is 0. The molecule has 0 spiro atoms. The highest BCUT2D eigenvalue weighted by Gasteiger charge is 2.23. The first-order valence-corrected chi connectivity index (χ1v) is 9.66. The molecule has 1 heterocycles. The Bertz CT molecular complexity index is 881. The standard InChI is InChI=1S/C20H21N3O3S/c1-13-4-9-17-15(11-13)3-2-10-23(17)20(26)27-12-18(24)22-16-7-5-14(6-8-16)19(21)25/h4-9,11H,2-3,10,12H2,1H3,(H2,21,25)(H,22,24). The van der Waals surface area contributed by atoms with Gasteiger partial charge in [-0.25, -0.2) is 0 Å². The van der Waals surface area contributed by atoms with Gasteiger partial charge in [0.05, 0.1) is 5.75 Å². The van der Waals surface area contributed by atoms with E-state index in [0.717, 1.165) is 30.3 Å². The van der Waals surface area contributed by atoms with Crippen molar-refractivity contribution in [3.05, 3.63) is 59.2 Å². The van der Waals surface area contributed by atoms with Crippen molar-refractivity contribution in [2.24, 2.45) is 5.73 Å². The Labute approximate surface area is 162 Å². The van der Waals surface area contributed by atoms with Crippen LogP contribution in [0.1, 0.15) is 27.9 Å². The van der Waals surface area contributed by atoms with Crippen LogP contribution in [0.3, 0.4) is 0 Å². The molecular formula is C20H21N3O3S. The number of carbonyl (C=O) groups excluding carboxylic acids is 3. The molecule has 3 N–H and O–H groups in total. The number of rotatable bonds is 4. The SMILES string of the molecule is Cc1ccc2c(c1)CCCN2C(=O)SCC(=O)Nc1ccc(C(N)=O)cc1. The van der Waals surface area contributed by atoms with Crippen molar-refractivity contribution < 1.29 is 14.4 Å². The second kappa shape index (κ2) is 8.26. The largest absolute Gasteiger partial charge is 0.366 e. The third-order valence-electron chi connectivity index (χ3n) is 4.35. The van der Waals surface area contributed by atoms with Gasteiger partial charge in [0, 0.05) is 23.5 Å². The van der Waals surface area contributed by atoms with Gasteiger partial charge in [-0.15, -0.1) is 0 Å². The van der Waals surface area contributed by atoms with Crippen LogP contribution in [0, 0.1) is 6.92 Å². The Morgan fingerprint density at radius 3 is 2.59 bits per heavy atom. The molecule has 0 fully saturated rings. The van der Waals surface area contributed by atoms with Crippen molar-refractivity contribution in [2.45, 2.75) is 19.8 Å². The number of aryl methyl sites for hydroxylation is 2. The minimum atomic E-state index is -0.522. The molecule has 1 aliphatic heterocycles. The van der Waals surface area contributed by atoms with Crippen molar-refractivity contribution in [1.82, 2.24) is 0 Å². The lowest BCUT2D eigenvalue weighted by Gasteiger charge is -2.29. The summed E-state index contributed by atoms with van der Waals surface area (Å²) >= 11 is 0.987. The minimum absolute atomic E-state index is 0.0219. The number of carbonyl (C=O) groups is 3. The Morgan fingerprint density at radius 2 is 1.89 bits per heavy atom. The Morgan fingerprint density at radius 1 is 1.15 bits per heavy atom. The number of primary amides is 1. The fraction of sp³-hybridized carbons (Fsp3) is 0.250. The lowest BCUT2D eigenvalue weighted by Crippen LogP contribution is -2.33. The lowest BCUT2D eigenvalue weighted by molar-refractivity contribution is -0.113. The molecule has 0 saturated carbocycles. The van der Waals surface area contributed by atoms with E-state index >= 15 is 0 Å². The number of nitrogens with one attached hydrogen (secondary N) is 1. The van der Waals surface area contributed by atoms with Crippen LogP contribution in [0.15, 0.2) is 42.5 Å². The molecule has 3 rings (SSSR count). The summed E-state index contributed by atoms with van der Waals surface area (Å²) in [5.41, 5.74) is 9.40. The van der Waals surface area contributed by atoms with Gasteiger partial charge in [-0.2, -0.15) is 0 Å². The molecule has 2 aromatic carbocycles. The van der Waals surface area contributed by atoms with Crippen molar-refractivity contribution in [1.29, 1.82) is 0 Å². The van der Waals surface area contributed by atoms with E-state index in [1.807, 2.05) is 19.1 Å². The smallest absolute Gasteiger partial charge is 0.286 e.